The third kappa shape index (κ3) is 2.94. The number of halogens is 1. The third-order valence-corrected chi connectivity index (χ3v) is 6.27. The summed E-state index contributed by atoms with van der Waals surface area (Å²) in [6.07, 6.45) is 10.2. The van der Waals surface area contributed by atoms with Crippen LogP contribution < -0.4 is 5.32 Å². The minimum absolute atomic E-state index is 0.330. The first-order valence-electron chi connectivity index (χ1n) is 8.11. The lowest BCUT2D eigenvalue weighted by atomic mass is 9.80. The Labute approximate surface area is 121 Å². The summed E-state index contributed by atoms with van der Waals surface area (Å²) in [6, 6.07) is 0. The van der Waals surface area contributed by atoms with E-state index in [4.69, 9.17) is 11.6 Å². The molecule has 0 aliphatic heterocycles. The van der Waals surface area contributed by atoms with Crippen LogP contribution in [-0.4, -0.2) is 18.3 Å². The number of hydrogen-bond donors (Lipinski definition) is 1. The van der Waals surface area contributed by atoms with Crippen LogP contribution in [0.4, 0.5) is 0 Å². The SMILES string of the molecule is O=C(NCC1CCCCC1CCl)C1CC2CCC1C2. The van der Waals surface area contributed by atoms with Gasteiger partial charge in [0, 0.05) is 18.3 Å². The summed E-state index contributed by atoms with van der Waals surface area (Å²) in [5, 5.41) is 3.25. The highest BCUT2D eigenvalue weighted by molar-refractivity contribution is 6.18. The molecule has 0 aromatic heterocycles. The Morgan fingerprint density at radius 1 is 1.05 bits per heavy atom. The van der Waals surface area contributed by atoms with Crippen molar-refractivity contribution in [3.63, 3.8) is 0 Å². The zero-order chi connectivity index (χ0) is 13.2. The Hall–Kier alpha value is -0.240. The van der Waals surface area contributed by atoms with Gasteiger partial charge in [0.15, 0.2) is 0 Å². The van der Waals surface area contributed by atoms with Gasteiger partial charge in [-0.3, -0.25) is 4.79 Å². The zero-order valence-electron chi connectivity index (χ0n) is 11.7. The van der Waals surface area contributed by atoms with E-state index in [1.807, 2.05) is 0 Å². The molecule has 3 saturated carbocycles. The second kappa shape index (κ2) is 6.03. The monoisotopic (exact) mass is 283 g/mol. The van der Waals surface area contributed by atoms with E-state index < -0.39 is 0 Å². The molecule has 0 heterocycles. The third-order valence-electron chi connectivity index (χ3n) is 5.88. The Kier molecular flexibility index (Phi) is 4.36. The predicted molar refractivity (Wildman–Crippen MR) is 78.1 cm³/mol. The van der Waals surface area contributed by atoms with E-state index in [0.717, 1.165) is 24.8 Å². The van der Waals surface area contributed by atoms with E-state index in [0.29, 0.717) is 29.6 Å². The Bertz CT molecular complexity index is 333. The lowest BCUT2D eigenvalue weighted by Gasteiger charge is -2.31. The van der Waals surface area contributed by atoms with Gasteiger partial charge in [-0.15, -0.1) is 11.6 Å². The summed E-state index contributed by atoms with van der Waals surface area (Å²) in [5.74, 6) is 4.22. The first-order valence-corrected chi connectivity index (χ1v) is 8.65. The van der Waals surface area contributed by atoms with Crippen LogP contribution in [0.1, 0.15) is 51.4 Å². The lowest BCUT2D eigenvalue weighted by Crippen LogP contribution is -2.39. The zero-order valence-corrected chi connectivity index (χ0v) is 12.5. The molecule has 5 atom stereocenters. The van der Waals surface area contributed by atoms with Gasteiger partial charge in [0.2, 0.25) is 5.91 Å². The number of carbonyl (C=O) groups is 1. The molecule has 5 unspecified atom stereocenters. The number of rotatable bonds is 4. The maximum Gasteiger partial charge on any atom is 0.223 e. The Morgan fingerprint density at radius 3 is 2.47 bits per heavy atom. The number of amides is 1. The van der Waals surface area contributed by atoms with Crippen molar-refractivity contribution in [1.82, 2.24) is 5.32 Å². The van der Waals surface area contributed by atoms with E-state index in [1.165, 1.54) is 44.9 Å². The van der Waals surface area contributed by atoms with Crippen LogP contribution >= 0.6 is 11.6 Å². The fourth-order valence-electron chi connectivity index (χ4n) is 4.68. The van der Waals surface area contributed by atoms with E-state index in [-0.39, 0.29) is 0 Å². The van der Waals surface area contributed by atoms with Gasteiger partial charge < -0.3 is 5.32 Å². The molecule has 3 aliphatic carbocycles. The predicted octanol–water partition coefficient (Wildman–Crippen LogP) is 3.58. The number of carbonyl (C=O) groups excluding carboxylic acids is 1. The van der Waals surface area contributed by atoms with Crippen LogP contribution in [0, 0.1) is 29.6 Å². The largest absolute Gasteiger partial charge is 0.356 e. The molecule has 0 aromatic carbocycles. The maximum atomic E-state index is 12.3. The quantitative estimate of drug-likeness (QED) is 0.785. The summed E-state index contributed by atoms with van der Waals surface area (Å²) >= 11 is 6.06. The summed E-state index contributed by atoms with van der Waals surface area (Å²) in [6.45, 7) is 0.865. The van der Waals surface area contributed by atoms with Crippen LogP contribution in [0.3, 0.4) is 0 Å². The summed E-state index contributed by atoms with van der Waals surface area (Å²) in [5.41, 5.74) is 0. The smallest absolute Gasteiger partial charge is 0.223 e. The number of hydrogen-bond acceptors (Lipinski definition) is 1. The second-order valence-corrected chi connectivity index (χ2v) is 7.29. The van der Waals surface area contributed by atoms with E-state index >= 15 is 0 Å². The molecule has 0 saturated heterocycles. The maximum absolute atomic E-state index is 12.3. The molecule has 3 heteroatoms. The van der Waals surface area contributed by atoms with Crippen molar-refractivity contribution in [3.05, 3.63) is 0 Å². The minimum atomic E-state index is 0.330. The van der Waals surface area contributed by atoms with Crippen LogP contribution in [0.25, 0.3) is 0 Å². The molecule has 3 fully saturated rings. The van der Waals surface area contributed by atoms with Gasteiger partial charge in [-0.2, -0.15) is 0 Å². The van der Waals surface area contributed by atoms with E-state index in [2.05, 4.69) is 5.32 Å². The molecule has 3 rings (SSSR count). The van der Waals surface area contributed by atoms with Crippen molar-refractivity contribution in [1.29, 1.82) is 0 Å². The molecule has 3 aliphatic rings. The second-order valence-electron chi connectivity index (χ2n) is 6.99. The summed E-state index contributed by atoms with van der Waals surface area (Å²) in [7, 11) is 0. The van der Waals surface area contributed by atoms with Gasteiger partial charge in [0.05, 0.1) is 0 Å². The van der Waals surface area contributed by atoms with Crippen molar-refractivity contribution in [2.75, 3.05) is 12.4 Å². The standard InChI is InChI=1S/C16H26ClNO/c17-9-13-3-1-2-4-14(13)10-18-16(19)15-8-11-5-6-12(15)7-11/h11-15H,1-10H2,(H,18,19). The Balaban J connectivity index is 1.47. The van der Waals surface area contributed by atoms with Crippen LogP contribution in [0.2, 0.25) is 0 Å². The molecule has 108 valence electrons. The highest BCUT2D eigenvalue weighted by atomic mass is 35.5. The molecule has 0 radical (unpaired) electrons. The minimum Gasteiger partial charge on any atom is -0.356 e. The molecule has 1 amide bonds. The highest BCUT2D eigenvalue weighted by Gasteiger charge is 2.43. The summed E-state index contributed by atoms with van der Waals surface area (Å²) in [4.78, 5) is 12.3. The molecule has 0 aromatic rings. The number of fused-ring (bicyclic) bond motifs is 2. The fourth-order valence-corrected chi connectivity index (χ4v) is 5.09. The van der Waals surface area contributed by atoms with E-state index in [9.17, 15) is 4.79 Å². The topological polar surface area (TPSA) is 29.1 Å². The molecule has 0 spiro atoms. The van der Waals surface area contributed by atoms with Crippen molar-refractivity contribution < 1.29 is 4.79 Å². The molecular formula is C16H26ClNO. The van der Waals surface area contributed by atoms with Crippen molar-refractivity contribution in [2.45, 2.75) is 51.4 Å². The first kappa shape index (κ1) is 13.7. The van der Waals surface area contributed by atoms with Crippen molar-refractivity contribution in [3.8, 4) is 0 Å². The molecule has 2 nitrogen and oxygen atoms in total. The van der Waals surface area contributed by atoms with Gasteiger partial charge in [-0.1, -0.05) is 19.3 Å². The Morgan fingerprint density at radius 2 is 1.84 bits per heavy atom. The van der Waals surface area contributed by atoms with Crippen LogP contribution in [0.5, 0.6) is 0 Å². The van der Waals surface area contributed by atoms with E-state index in [1.54, 1.807) is 0 Å². The number of alkyl halides is 1. The fraction of sp³-hybridized carbons (Fsp3) is 0.938. The summed E-state index contributed by atoms with van der Waals surface area (Å²) < 4.78 is 0. The average Bonchev–Trinajstić information content (AvgIpc) is 3.07. The van der Waals surface area contributed by atoms with Gasteiger partial charge in [0.1, 0.15) is 0 Å². The van der Waals surface area contributed by atoms with Gasteiger partial charge >= 0.3 is 0 Å². The molecule has 1 N–H and O–H groups in total. The average molecular weight is 284 g/mol. The lowest BCUT2D eigenvalue weighted by molar-refractivity contribution is -0.126. The molecule has 2 bridgehead atoms. The first-order chi connectivity index (χ1) is 9.28. The van der Waals surface area contributed by atoms with Crippen molar-refractivity contribution in [2.24, 2.45) is 29.6 Å². The van der Waals surface area contributed by atoms with Crippen LogP contribution in [0.15, 0.2) is 0 Å². The highest BCUT2D eigenvalue weighted by Crippen LogP contribution is 2.48. The van der Waals surface area contributed by atoms with Gasteiger partial charge in [-0.05, 0) is 55.8 Å². The number of nitrogens with one attached hydrogen (secondary N) is 1. The van der Waals surface area contributed by atoms with Gasteiger partial charge in [0.25, 0.3) is 0 Å². The normalized spacial score (nSPS) is 41.4. The molecule has 19 heavy (non-hydrogen) atoms. The van der Waals surface area contributed by atoms with Gasteiger partial charge in [-0.25, -0.2) is 0 Å². The molecular weight excluding hydrogens is 258 g/mol. The van der Waals surface area contributed by atoms with Crippen molar-refractivity contribution >= 4 is 17.5 Å². The van der Waals surface area contributed by atoms with Crippen LogP contribution in [-0.2, 0) is 4.79 Å².